The Morgan fingerprint density at radius 3 is 3.00 bits per heavy atom. The Hall–Kier alpha value is -0.670. The molecule has 2 nitrogen and oxygen atoms in total. The minimum atomic E-state index is 0.670. The SMILES string of the molecule is Cc1ccc(Cl)c(NC2=NCC(C)CS2)c1. The molecule has 1 aliphatic heterocycles. The van der Waals surface area contributed by atoms with Gasteiger partial charge in [-0.15, -0.1) is 0 Å². The summed E-state index contributed by atoms with van der Waals surface area (Å²) in [5.41, 5.74) is 2.14. The largest absolute Gasteiger partial charge is 0.334 e. The minimum Gasteiger partial charge on any atom is -0.334 e. The topological polar surface area (TPSA) is 24.4 Å². The second-order valence-electron chi connectivity index (χ2n) is 4.17. The van der Waals surface area contributed by atoms with Crippen molar-refractivity contribution in [2.75, 3.05) is 17.6 Å². The van der Waals surface area contributed by atoms with Crippen molar-refractivity contribution in [2.24, 2.45) is 10.9 Å². The molecule has 0 aliphatic carbocycles. The van der Waals surface area contributed by atoms with E-state index in [1.165, 1.54) is 5.56 Å². The summed E-state index contributed by atoms with van der Waals surface area (Å²) in [6.07, 6.45) is 0. The summed E-state index contributed by atoms with van der Waals surface area (Å²) >= 11 is 7.88. The Morgan fingerprint density at radius 1 is 1.50 bits per heavy atom. The average molecular weight is 255 g/mol. The van der Waals surface area contributed by atoms with Crippen LogP contribution in [-0.4, -0.2) is 17.5 Å². The number of aryl methyl sites for hydroxylation is 1. The molecule has 1 unspecified atom stereocenters. The van der Waals surface area contributed by atoms with Crippen molar-refractivity contribution >= 4 is 34.2 Å². The molecule has 1 N–H and O–H groups in total. The van der Waals surface area contributed by atoms with Crippen LogP contribution < -0.4 is 5.32 Å². The third-order valence-corrected chi connectivity index (χ3v) is 3.98. The molecule has 86 valence electrons. The van der Waals surface area contributed by atoms with Crippen molar-refractivity contribution in [3.05, 3.63) is 28.8 Å². The fourth-order valence-electron chi connectivity index (χ4n) is 1.48. The van der Waals surface area contributed by atoms with E-state index in [2.05, 4.69) is 24.2 Å². The van der Waals surface area contributed by atoms with Gasteiger partial charge in [0.1, 0.15) is 0 Å². The van der Waals surface area contributed by atoms with Gasteiger partial charge in [-0.1, -0.05) is 36.4 Å². The average Bonchev–Trinajstić information content (AvgIpc) is 2.27. The fraction of sp³-hybridized carbons (Fsp3) is 0.417. The van der Waals surface area contributed by atoms with Gasteiger partial charge < -0.3 is 5.32 Å². The van der Waals surface area contributed by atoms with Gasteiger partial charge in [0.2, 0.25) is 0 Å². The lowest BCUT2D eigenvalue weighted by molar-refractivity contribution is 0.674. The van der Waals surface area contributed by atoms with Gasteiger partial charge in [0.05, 0.1) is 10.7 Å². The van der Waals surface area contributed by atoms with Crippen LogP contribution in [0.15, 0.2) is 23.2 Å². The molecule has 0 aromatic heterocycles. The number of aliphatic imine (C=N–C) groups is 1. The number of hydrogen-bond donors (Lipinski definition) is 1. The summed E-state index contributed by atoms with van der Waals surface area (Å²) < 4.78 is 0. The van der Waals surface area contributed by atoms with Crippen molar-refractivity contribution in [3.63, 3.8) is 0 Å². The molecule has 1 atom stereocenters. The van der Waals surface area contributed by atoms with E-state index in [4.69, 9.17) is 11.6 Å². The van der Waals surface area contributed by atoms with Gasteiger partial charge in [-0.2, -0.15) is 0 Å². The molecule has 0 radical (unpaired) electrons. The maximum absolute atomic E-state index is 6.12. The quantitative estimate of drug-likeness (QED) is 0.824. The highest BCUT2D eigenvalue weighted by Gasteiger charge is 2.13. The molecular weight excluding hydrogens is 240 g/mol. The zero-order chi connectivity index (χ0) is 11.5. The van der Waals surface area contributed by atoms with Crippen LogP contribution in [0.4, 0.5) is 5.69 Å². The Bertz CT molecular complexity index is 417. The van der Waals surface area contributed by atoms with E-state index in [-0.39, 0.29) is 0 Å². The van der Waals surface area contributed by atoms with Gasteiger partial charge in [0.15, 0.2) is 5.17 Å². The summed E-state index contributed by atoms with van der Waals surface area (Å²) in [5.74, 6) is 1.79. The number of thioether (sulfide) groups is 1. The van der Waals surface area contributed by atoms with E-state index in [1.807, 2.05) is 18.2 Å². The molecule has 0 spiro atoms. The molecule has 2 rings (SSSR count). The van der Waals surface area contributed by atoms with Crippen molar-refractivity contribution in [1.82, 2.24) is 0 Å². The highest BCUT2D eigenvalue weighted by molar-refractivity contribution is 8.14. The number of rotatable bonds is 1. The molecule has 0 saturated heterocycles. The van der Waals surface area contributed by atoms with E-state index in [9.17, 15) is 0 Å². The maximum Gasteiger partial charge on any atom is 0.161 e. The van der Waals surface area contributed by atoms with E-state index < -0.39 is 0 Å². The predicted molar refractivity (Wildman–Crippen MR) is 73.7 cm³/mol. The third kappa shape index (κ3) is 2.92. The number of halogens is 1. The predicted octanol–water partition coefficient (Wildman–Crippen LogP) is 3.80. The maximum atomic E-state index is 6.12. The summed E-state index contributed by atoms with van der Waals surface area (Å²) in [6.45, 7) is 5.17. The molecule has 0 amide bonds. The lowest BCUT2D eigenvalue weighted by atomic mass is 10.2. The highest BCUT2D eigenvalue weighted by Crippen LogP contribution is 2.25. The second-order valence-corrected chi connectivity index (χ2v) is 5.59. The summed E-state index contributed by atoms with van der Waals surface area (Å²) in [4.78, 5) is 4.49. The van der Waals surface area contributed by atoms with E-state index in [0.29, 0.717) is 5.92 Å². The lowest BCUT2D eigenvalue weighted by Crippen LogP contribution is -2.18. The van der Waals surface area contributed by atoms with Crippen molar-refractivity contribution < 1.29 is 0 Å². The molecule has 0 bridgehead atoms. The molecule has 0 saturated carbocycles. The Kier molecular flexibility index (Phi) is 3.77. The fourth-order valence-corrected chi connectivity index (χ4v) is 2.54. The van der Waals surface area contributed by atoms with Crippen molar-refractivity contribution in [1.29, 1.82) is 0 Å². The Morgan fingerprint density at radius 2 is 2.31 bits per heavy atom. The minimum absolute atomic E-state index is 0.670. The Balaban J connectivity index is 2.12. The van der Waals surface area contributed by atoms with Crippen LogP contribution in [0.5, 0.6) is 0 Å². The standard InChI is InChI=1S/C12H15ClN2S/c1-8-3-4-10(13)11(5-8)15-12-14-6-9(2)7-16-12/h3-5,9H,6-7H2,1-2H3,(H,14,15). The first-order valence-corrected chi connectivity index (χ1v) is 6.72. The molecule has 16 heavy (non-hydrogen) atoms. The number of nitrogens with zero attached hydrogens (tertiary/aromatic N) is 1. The number of anilines is 1. The zero-order valence-electron chi connectivity index (χ0n) is 9.46. The van der Waals surface area contributed by atoms with Crippen molar-refractivity contribution in [3.8, 4) is 0 Å². The number of hydrogen-bond acceptors (Lipinski definition) is 3. The molecule has 1 aromatic carbocycles. The van der Waals surface area contributed by atoms with Gasteiger partial charge >= 0.3 is 0 Å². The van der Waals surface area contributed by atoms with Crippen LogP contribution in [-0.2, 0) is 0 Å². The normalized spacial score (nSPS) is 20.4. The first kappa shape index (κ1) is 11.8. The van der Waals surface area contributed by atoms with Gasteiger partial charge in [0, 0.05) is 12.3 Å². The van der Waals surface area contributed by atoms with E-state index in [0.717, 1.165) is 28.2 Å². The summed E-state index contributed by atoms with van der Waals surface area (Å²) in [7, 11) is 0. The number of amidine groups is 1. The van der Waals surface area contributed by atoms with Crippen LogP contribution in [0, 0.1) is 12.8 Å². The lowest BCUT2D eigenvalue weighted by Gasteiger charge is -2.18. The zero-order valence-corrected chi connectivity index (χ0v) is 11.0. The van der Waals surface area contributed by atoms with Gasteiger partial charge in [-0.05, 0) is 30.5 Å². The molecule has 4 heteroatoms. The number of nitrogens with one attached hydrogen (secondary N) is 1. The van der Waals surface area contributed by atoms with E-state index >= 15 is 0 Å². The van der Waals surface area contributed by atoms with E-state index in [1.54, 1.807) is 11.8 Å². The van der Waals surface area contributed by atoms with Gasteiger partial charge in [-0.3, -0.25) is 4.99 Å². The first-order valence-electron chi connectivity index (χ1n) is 5.35. The van der Waals surface area contributed by atoms with Crippen molar-refractivity contribution in [2.45, 2.75) is 13.8 Å². The molecule has 1 aromatic rings. The summed E-state index contributed by atoms with van der Waals surface area (Å²) in [5, 5.41) is 5.01. The van der Waals surface area contributed by atoms with Crippen LogP contribution in [0.2, 0.25) is 5.02 Å². The van der Waals surface area contributed by atoms with Crippen LogP contribution in [0.3, 0.4) is 0 Å². The van der Waals surface area contributed by atoms with Crippen LogP contribution in [0.1, 0.15) is 12.5 Å². The molecule has 1 aliphatic rings. The molecular formula is C12H15ClN2S. The van der Waals surface area contributed by atoms with Gasteiger partial charge in [-0.25, -0.2) is 0 Å². The third-order valence-electron chi connectivity index (χ3n) is 2.41. The highest BCUT2D eigenvalue weighted by atomic mass is 35.5. The second kappa shape index (κ2) is 5.11. The monoisotopic (exact) mass is 254 g/mol. The molecule has 1 heterocycles. The number of benzene rings is 1. The van der Waals surface area contributed by atoms with Crippen LogP contribution in [0.25, 0.3) is 0 Å². The van der Waals surface area contributed by atoms with Crippen LogP contribution >= 0.6 is 23.4 Å². The first-order chi connectivity index (χ1) is 7.65. The molecule has 0 fully saturated rings. The Labute approximate surface area is 105 Å². The smallest absolute Gasteiger partial charge is 0.161 e. The summed E-state index contributed by atoms with van der Waals surface area (Å²) in [6, 6.07) is 5.96. The van der Waals surface area contributed by atoms with Gasteiger partial charge in [0.25, 0.3) is 0 Å².